The second-order valence-electron chi connectivity index (χ2n) is 3.73. The summed E-state index contributed by atoms with van der Waals surface area (Å²) in [6.45, 7) is 0. The summed E-state index contributed by atoms with van der Waals surface area (Å²) in [5.74, 6) is -0.195. The van der Waals surface area contributed by atoms with Gasteiger partial charge in [0.15, 0.2) is 0 Å². The Labute approximate surface area is 120 Å². The summed E-state index contributed by atoms with van der Waals surface area (Å²) in [6.07, 6.45) is 0. The molecular formula is C14H11ClO3S. The molecule has 0 atom stereocenters. The molecule has 0 unspecified atom stereocenters. The molecule has 19 heavy (non-hydrogen) atoms. The van der Waals surface area contributed by atoms with Crippen LogP contribution in [0, 0.1) is 0 Å². The molecule has 0 aliphatic carbocycles. The predicted octanol–water partition coefficient (Wildman–Crippen LogP) is 4.20. The van der Waals surface area contributed by atoms with Crippen LogP contribution in [0.15, 0.2) is 52.3 Å². The lowest BCUT2D eigenvalue weighted by Crippen LogP contribution is -1.95. The maximum atomic E-state index is 10.8. The lowest BCUT2D eigenvalue weighted by atomic mass is 10.2. The van der Waals surface area contributed by atoms with Crippen molar-refractivity contribution in [1.82, 2.24) is 0 Å². The van der Waals surface area contributed by atoms with E-state index in [1.54, 1.807) is 19.2 Å². The monoisotopic (exact) mass is 294 g/mol. The molecule has 0 saturated carbocycles. The van der Waals surface area contributed by atoms with Gasteiger partial charge in [0.1, 0.15) is 5.75 Å². The second kappa shape index (κ2) is 5.99. The van der Waals surface area contributed by atoms with Gasteiger partial charge in [-0.2, -0.15) is 0 Å². The summed E-state index contributed by atoms with van der Waals surface area (Å²) < 4.78 is 5.08. The standard InChI is InChI=1S/C14H11ClO3S/c1-18-10-3-5-11(6-4-10)19-13-7-2-9(14(16)17)8-12(13)15/h2-8H,1H3,(H,16,17). The van der Waals surface area contributed by atoms with Crippen LogP contribution in [-0.2, 0) is 0 Å². The highest BCUT2D eigenvalue weighted by atomic mass is 35.5. The van der Waals surface area contributed by atoms with Crippen molar-refractivity contribution in [3.05, 3.63) is 53.1 Å². The quantitative estimate of drug-likeness (QED) is 0.918. The molecule has 0 saturated heterocycles. The molecule has 0 amide bonds. The van der Waals surface area contributed by atoms with Gasteiger partial charge in [0.2, 0.25) is 0 Å². The number of halogens is 1. The third-order valence-corrected chi connectivity index (χ3v) is 3.97. The first-order valence-electron chi connectivity index (χ1n) is 5.45. The molecule has 2 aromatic rings. The van der Waals surface area contributed by atoms with Crippen molar-refractivity contribution in [3.63, 3.8) is 0 Å². The molecule has 2 rings (SSSR count). The number of hydrogen-bond acceptors (Lipinski definition) is 3. The van der Waals surface area contributed by atoms with Gasteiger partial charge in [-0.05, 0) is 42.5 Å². The van der Waals surface area contributed by atoms with Crippen LogP contribution in [0.1, 0.15) is 10.4 Å². The minimum atomic E-state index is -0.983. The van der Waals surface area contributed by atoms with Crippen LogP contribution in [0.5, 0.6) is 5.75 Å². The number of carboxylic acid groups (broad SMARTS) is 1. The van der Waals surface area contributed by atoms with Crippen LogP contribution in [0.25, 0.3) is 0 Å². The molecule has 0 fully saturated rings. The van der Waals surface area contributed by atoms with Gasteiger partial charge in [0, 0.05) is 9.79 Å². The molecule has 1 N–H and O–H groups in total. The number of carbonyl (C=O) groups is 1. The number of ether oxygens (including phenoxy) is 1. The first-order chi connectivity index (χ1) is 9.10. The van der Waals surface area contributed by atoms with E-state index >= 15 is 0 Å². The van der Waals surface area contributed by atoms with E-state index in [2.05, 4.69) is 0 Å². The van der Waals surface area contributed by atoms with E-state index in [1.807, 2.05) is 24.3 Å². The Bertz CT molecular complexity index is 596. The number of carboxylic acids is 1. The third kappa shape index (κ3) is 3.43. The van der Waals surface area contributed by atoms with Crippen molar-refractivity contribution >= 4 is 29.3 Å². The minimum absolute atomic E-state index is 0.184. The van der Waals surface area contributed by atoms with Crippen LogP contribution < -0.4 is 4.74 Å². The van der Waals surface area contributed by atoms with Crippen LogP contribution in [0.2, 0.25) is 5.02 Å². The Hall–Kier alpha value is -1.65. The molecule has 0 bridgehead atoms. The summed E-state index contributed by atoms with van der Waals surface area (Å²) in [7, 11) is 1.61. The summed E-state index contributed by atoms with van der Waals surface area (Å²) in [6, 6.07) is 12.3. The number of rotatable bonds is 4. The van der Waals surface area contributed by atoms with Gasteiger partial charge in [-0.1, -0.05) is 23.4 Å². The van der Waals surface area contributed by atoms with E-state index in [1.165, 1.54) is 17.8 Å². The normalized spacial score (nSPS) is 10.2. The van der Waals surface area contributed by atoms with Crippen molar-refractivity contribution in [1.29, 1.82) is 0 Å². The van der Waals surface area contributed by atoms with Crippen molar-refractivity contribution in [2.24, 2.45) is 0 Å². The van der Waals surface area contributed by atoms with Crippen LogP contribution in [0.4, 0.5) is 0 Å². The molecule has 0 aliphatic heterocycles. The van der Waals surface area contributed by atoms with E-state index in [0.29, 0.717) is 5.02 Å². The lowest BCUT2D eigenvalue weighted by Gasteiger charge is -2.06. The van der Waals surface area contributed by atoms with E-state index in [0.717, 1.165) is 15.5 Å². The summed E-state index contributed by atoms with van der Waals surface area (Å²) in [5.41, 5.74) is 0.184. The molecule has 2 aromatic carbocycles. The fourth-order valence-electron chi connectivity index (χ4n) is 1.49. The number of hydrogen-bond donors (Lipinski definition) is 1. The fraction of sp³-hybridized carbons (Fsp3) is 0.0714. The van der Waals surface area contributed by atoms with E-state index in [9.17, 15) is 4.79 Å². The van der Waals surface area contributed by atoms with Crippen LogP contribution >= 0.6 is 23.4 Å². The van der Waals surface area contributed by atoms with Crippen molar-refractivity contribution in [2.45, 2.75) is 9.79 Å². The Morgan fingerprint density at radius 2 is 1.89 bits per heavy atom. The van der Waals surface area contributed by atoms with Crippen molar-refractivity contribution < 1.29 is 14.6 Å². The van der Waals surface area contributed by atoms with Gasteiger partial charge >= 0.3 is 5.97 Å². The van der Waals surface area contributed by atoms with Gasteiger partial charge in [-0.3, -0.25) is 0 Å². The van der Waals surface area contributed by atoms with E-state index in [-0.39, 0.29) is 5.56 Å². The number of methoxy groups -OCH3 is 1. The molecule has 0 aromatic heterocycles. The Morgan fingerprint density at radius 3 is 2.42 bits per heavy atom. The highest BCUT2D eigenvalue weighted by Crippen LogP contribution is 2.34. The van der Waals surface area contributed by atoms with Gasteiger partial charge in [-0.25, -0.2) is 4.79 Å². The third-order valence-electron chi connectivity index (χ3n) is 2.47. The fourth-order valence-corrected chi connectivity index (χ4v) is 2.60. The van der Waals surface area contributed by atoms with Crippen molar-refractivity contribution in [3.8, 4) is 5.75 Å². The zero-order chi connectivity index (χ0) is 13.8. The SMILES string of the molecule is COc1ccc(Sc2ccc(C(=O)O)cc2Cl)cc1. The first kappa shape index (κ1) is 13.8. The minimum Gasteiger partial charge on any atom is -0.497 e. The molecule has 0 radical (unpaired) electrons. The largest absolute Gasteiger partial charge is 0.497 e. The lowest BCUT2D eigenvalue weighted by molar-refractivity contribution is 0.0697. The highest BCUT2D eigenvalue weighted by molar-refractivity contribution is 7.99. The smallest absolute Gasteiger partial charge is 0.335 e. The molecule has 3 nitrogen and oxygen atoms in total. The molecule has 98 valence electrons. The van der Waals surface area contributed by atoms with Crippen LogP contribution in [-0.4, -0.2) is 18.2 Å². The maximum absolute atomic E-state index is 10.8. The van der Waals surface area contributed by atoms with Gasteiger partial charge in [-0.15, -0.1) is 0 Å². The average molecular weight is 295 g/mol. The van der Waals surface area contributed by atoms with Crippen molar-refractivity contribution in [2.75, 3.05) is 7.11 Å². The Balaban J connectivity index is 2.20. The Morgan fingerprint density at radius 1 is 1.21 bits per heavy atom. The predicted molar refractivity (Wildman–Crippen MR) is 75.5 cm³/mol. The second-order valence-corrected chi connectivity index (χ2v) is 5.25. The molecule has 0 spiro atoms. The topological polar surface area (TPSA) is 46.5 Å². The maximum Gasteiger partial charge on any atom is 0.335 e. The van der Waals surface area contributed by atoms with Gasteiger partial charge < -0.3 is 9.84 Å². The Kier molecular flexibility index (Phi) is 4.35. The van der Waals surface area contributed by atoms with E-state index < -0.39 is 5.97 Å². The summed E-state index contributed by atoms with van der Waals surface area (Å²) in [5, 5.41) is 9.30. The van der Waals surface area contributed by atoms with Crippen LogP contribution in [0.3, 0.4) is 0 Å². The van der Waals surface area contributed by atoms with Gasteiger partial charge in [0.05, 0.1) is 17.7 Å². The molecule has 0 heterocycles. The van der Waals surface area contributed by atoms with E-state index in [4.69, 9.17) is 21.4 Å². The molecular weight excluding hydrogens is 284 g/mol. The number of aromatic carboxylic acids is 1. The number of benzene rings is 2. The zero-order valence-corrected chi connectivity index (χ0v) is 11.7. The summed E-state index contributed by atoms with van der Waals surface area (Å²) >= 11 is 7.55. The zero-order valence-electron chi connectivity index (χ0n) is 10.1. The van der Waals surface area contributed by atoms with Gasteiger partial charge in [0.25, 0.3) is 0 Å². The molecule has 5 heteroatoms. The highest BCUT2D eigenvalue weighted by Gasteiger charge is 2.08. The summed E-state index contributed by atoms with van der Waals surface area (Å²) in [4.78, 5) is 12.6. The molecule has 0 aliphatic rings. The first-order valence-corrected chi connectivity index (χ1v) is 6.64. The average Bonchev–Trinajstić information content (AvgIpc) is 2.41.